The molecule has 304 valence electrons. The fraction of sp³-hybridized carbons (Fsp3) is 0.455. The smallest absolute Gasteiger partial charge is 0.408 e. The van der Waals surface area contributed by atoms with E-state index < -0.39 is 47.5 Å². The van der Waals surface area contributed by atoms with Crippen molar-refractivity contribution in [2.45, 2.75) is 107 Å². The van der Waals surface area contributed by atoms with Crippen LogP contribution in [0.5, 0.6) is 0 Å². The van der Waals surface area contributed by atoms with Gasteiger partial charge in [-0.15, -0.1) is 0 Å². The molecule has 3 fully saturated rings. The highest BCUT2D eigenvalue weighted by molar-refractivity contribution is 7.08. The second-order valence-corrected chi connectivity index (χ2v) is 17.4. The lowest BCUT2D eigenvalue weighted by atomic mass is 10.0. The third-order valence-electron chi connectivity index (χ3n) is 11.9. The van der Waals surface area contributed by atoms with Crippen LogP contribution in [0.3, 0.4) is 0 Å². The van der Waals surface area contributed by atoms with Crippen molar-refractivity contribution in [2.24, 2.45) is 5.92 Å². The molecule has 3 aromatic heterocycles. The molecule has 0 bridgehead atoms. The number of hydrogen-bond donors (Lipinski definition) is 2. The molecule has 5 heterocycles. The van der Waals surface area contributed by atoms with Gasteiger partial charge in [0.1, 0.15) is 23.7 Å². The summed E-state index contributed by atoms with van der Waals surface area (Å²) in [5, 5.41) is 18.3. The number of allylic oxidation sites excluding steroid dienone is 1. The van der Waals surface area contributed by atoms with Gasteiger partial charge in [-0.2, -0.15) is 27.8 Å². The van der Waals surface area contributed by atoms with E-state index in [0.29, 0.717) is 36.8 Å². The lowest BCUT2D eigenvalue weighted by Gasteiger charge is -2.30. The van der Waals surface area contributed by atoms with Gasteiger partial charge in [0, 0.05) is 30.9 Å². The normalized spacial score (nSPS) is 25.2. The quantitative estimate of drug-likeness (QED) is 0.135. The fourth-order valence-corrected chi connectivity index (χ4v) is 9.96. The molecule has 2 aliphatic carbocycles. The Balaban J connectivity index is 1.11. The summed E-state index contributed by atoms with van der Waals surface area (Å²) in [4.78, 5) is 72.5. The van der Waals surface area contributed by atoms with Crippen molar-refractivity contribution in [1.82, 2.24) is 25.3 Å². The van der Waals surface area contributed by atoms with Gasteiger partial charge in [0.25, 0.3) is 5.56 Å². The third kappa shape index (κ3) is 8.68. The average Bonchev–Trinajstić information content (AvgIpc) is 3.92. The summed E-state index contributed by atoms with van der Waals surface area (Å²) in [6.07, 6.45) is 12.9. The second kappa shape index (κ2) is 17.8. The van der Waals surface area contributed by atoms with Crippen molar-refractivity contribution in [1.29, 1.82) is 0 Å². The molecule has 0 radical (unpaired) electrons. The SMILES string of the molecule is O=C(N[C@@H]1CCCCCC=CC2C[C@]2(C(=O)OCCc2ccccc2)NC(=O)[C@@H]2C[C@H](n3ncc(-c4ccsc4)c(-c4ccsc4)c3=O)CN2C1=O)OC1CCCC1. The number of carbonyl (C=O) groups excluding carboxylic acids is 4. The first-order chi connectivity index (χ1) is 28.3. The molecule has 4 aromatic rings. The number of carbonyl (C=O) groups is 4. The number of esters is 1. The van der Waals surface area contributed by atoms with Crippen LogP contribution in [0.1, 0.15) is 82.2 Å². The van der Waals surface area contributed by atoms with Crippen molar-refractivity contribution in [3.63, 3.8) is 0 Å². The van der Waals surface area contributed by atoms with Gasteiger partial charge < -0.3 is 25.0 Å². The first-order valence-corrected chi connectivity index (χ1v) is 22.3. The predicted molar refractivity (Wildman–Crippen MR) is 222 cm³/mol. The molecule has 3 amide bonds. The molecule has 8 rings (SSSR count). The number of fused-ring (bicyclic) bond motifs is 2. The average molecular weight is 824 g/mol. The van der Waals surface area contributed by atoms with Gasteiger partial charge in [0.15, 0.2) is 0 Å². The van der Waals surface area contributed by atoms with E-state index in [4.69, 9.17) is 9.47 Å². The summed E-state index contributed by atoms with van der Waals surface area (Å²) in [6, 6.07) is 10.9. The molecule has 0 spiro atoms. The molecule has 4 aliphatic rings. The topological polar surface area (TPSA) is 149 Å². The number of rotatable bonds is 9. The van der Waals surface area contributed by atoms with Gasteiger partial charge in [0.05, 0.1) is 24.4 Å². The van der Waals surface area contributed by atoms with Crippen LogP contribution in [0.2, 0.25) is 0 Å². The molecule has 14 heteroatoms. The lowest BCUT2D eigenvalue weighted by molar-refractivity contribution is -0.150. The van der Waals surface area contributed by atoms with Gasteiger partial charge in [-0.3, -0.25) is 14.4 Å². The largest absolute Gasteiger partial charge is 0.464 e. The molecule has 1 aromatic carbocycles. The molecule has 2 aliphatic heterocycles. The molecule has 5 atom stereocenters. The summed E-state index contributed by atoms with van der Waals surface area (Å²) in [5.74, 6) is -1.74. The fourth-order valence-electron chi connectivity index (χ4n) is 8.66. The second-order valence-electron chi connectivity index (χ2n) is 15.8. The van der Waals surface area contributed by atoms with Crippen LogP contribution < -0.4 is 16.2 Å². The maximum atomic E-state index is 14.8. The van der Waals surface area contributed by atoms with Crippen LogP contribution in [0.15, 0.2) is 87.1 Å². The molecule has 12 nitrogen and oxygen atoms in total. The standard InChI is InChI=1S/C44H49N5O7S2/c50-39-37-23-33(49-41(52)38(31-19-22-58-28-31)35(25-45-49)30-18-21-57-27-30)26-48(37)40(51)36(46-43(54)56-34-14-9-10-15-34)16-8-3-1-2-7-13-32-24-44(32,47-39)42(53)55-20-17-29-11-5-4-6-12-29/h4-7,11-13,18-19,21-22,25,27-28,32-34,36-37H,1-3,8-10,14-17,20,23-24,26H2,(H,46,54)(H,47,50)/t32?,33-,36+,37-,44-/m0/s1. The van der Waals surface area contributed by atoms with Gasteiger partial charge >= 0.3 is 12.1 Å². The summed E-state index contributed by atoms with van der Waals surface area (Å²) < 4.78 is 12.9. The van der Waals surface area contributed by atoms with E-state index in [-0.39, 0.29) is 37.2 Å². The van der Waals surface area contributed by atoms with Crippen molar-refractivity contribution in [2.75, 3.05) is 13.2 Å². The minimum absolute atomic E-state index is 0.00158. The molecule has 1 unspecified atom stereocenters. The first-order valence-electron chi connectivity index (χ1n) is 20.4. The van der Waals surface area contributed by atoms with Crippen molar-refractivity contribution in [3.8, 4) is 22.3 Å². The van der Waals surface area contributed by atoms with Gasteiger partial charge in [-0.05, 0) is 102 Å². The summed E-state index contributed by atoms with van der Waals surface area (Å²) in [6.45, 7) is 0.151. The Hall–Kier alpha value is -5.08. The molecular weight excluding hydrogens is 775 g/mol. The van der Waals surface area contributed by atoms with E-state index in [1.54, 1.807) is 6.20 Å². The van der Waals surface area contributed by atoms with Crippen LogP contribution in [-0.2, 0) is 30.3 Å². The summed E-state index contributed by atoms with van der Waals surface area (Å²) in [7, 11) is 0. The van der Waals surface area contributed by atoms with Crippen LogP contribution in [0.25, 0.3) is 22.3 Å². The third-order valence-corrected chi connectivity index (χ3v) is 13.3. The highest BCUT2D eigenvalue weighted by Gasteiger charge is 2.62. The number of ether oxygens (including phenoxy) is 2. The van der Waals surface area contributed by atoms with Crippen LogP contribution in [0, 0.1) is 5.92 Å². The van der Waals surface area contributed by atoms with Gasteiger partial charge in [0.2, 0.25) is 11.8 Å². The summed E-state index contributed by atoms with van der Waals surface area (Å²) in [5.41, 5.74) is 2.25. The number of nitrogens with one attached hydrogen (secondary N) is 2. The Kier molecular flexibility index (Phi) is 12.2. The molecule has 2 N–H and O–H groups in total. The zero-order chi connectivity index (χ0) is 40.1. The number of nitrogens with zero attached hydrogens (tertiary/aromatic N) is 3. The summed E-state index contributed by atoms with van der Waals surface area (Å²) >= 11 is 3.01. The predicted octanol–water partition coefficient (Wildman–Crippen LogP) is 7.06. The van der Waals surface area contributed by atoms with E-state index in [2.05, 4.69) is 21.8 Å². The first kappa shape index (κ1) is 39.7. The minimum atomic E-state index is -1.29. The molecular formula is C44H49N5O7S2. The number of hydrogen-bond acceptors (Lipinski definition) is 10. The number of thiophene rings is 2. The van der Waals surface area contributed by atoms with Crippen LogP contribution in [-0.4, -0.2) is 75.4 Å². The van der Waals surface area contributed by atoms with E-state index in [1.165, 1.54) is 32.3 Å². The Morgan fingerprint density at radius 2 is 1.69 bits per heavy atom. The number of alkyl carbamates (subject to hydrolysis) is 1. The zero-order valence-electron chi connectivity index (χ0n) is 32.4. The Labute approximate surface area is 345 Å². The van der Waals surface area contributed by atoms with Crippen LogP contribution in [0.4, 0.5) is 4.79 Å². The van der Waals surface area contributed by atoms with E-state index in [0.717, 1.165) is 61.6 Å². The van der Waals surface area contributed by atoms with Crippen molar-refractivity contribution in [3.05, 3.63) is 98.3 Å². The Morgan fingerprint density at radius 1 is 0.931 bits per heavy atom. The molecule has 2 saturated carbocycles. The number of aromatic nitrogens is 2. The lowest BCUT2D eigenvalue weighted by Crippen LogP contribution is -2.56. The highest BCUT2D eigenvalue weighted by atomic mass is 32.1. The van der Waals surface area contributed by atoms with E-state index in [1.807, 2.05) is 70.1 Å². The van der Waals surface area contributed by atoms with E-state index >= 15 is 0 Å². The Bertz CT molecular complexity index is 2170. The zero-order valence-corrected chi connectivity index (χ0v) is 34.0. The molecule has 58 heavy (non-hydrogen) atoms. The molecule has 1 saturated heterocycles. The maximum absolute atomic E-state index is 14.8. The van der Waals surface area contributed by atoms with Crippen molar-refractivity contribution < 1.29 is 28.7 Å². The van der Waals surface area contributed by atoms with Gasteiger partial charge in [-0.25, -0.2) is 14.3 Å². The monoisotopic (exact) mass is 823 g/mol. The highest BCUT2D eigenvalue weighted by Crippen LogP contribution is 2.46. The van der Waals surface area contributed by atoms with Gasteiger partial charge in [-0.1, -0.05) is 55.3 Å². The maximum Gasteiger partial charge on any atom is 0.408 e. The Morgan fingerprint density at radius 3 is 2.45 bits per heavy atom. The van der Waals surface area contributed by atoms with E-state index in [9.17, 15) is 24.0 Å². The van der Waals surface area contributed by atoms with Crippen LogP contribution >= 0.6 is 22.7 Å². The number of amides is 3. The number of benzene rings is 1. The minimum Gasteiger partial charge on any atom is -0.464 e. The van der Waals surface area contributed by atoms with Crippen molar-refractivity contribution >= 4 is 46.6 Å².